The first-order valence-corrected chi connectivity index (χ1v) is 8.38. The maximum absolute atomic E-state index is 12.2. The molecule has 0 aliphatic heterocycles. The average molecular weight is 340 g/mol. The number of ether oxygens (including phenoxy) is 1. The largest absolute Gasteiger partial charge is 0.496 e. The molecule has 1 N–H and O–H groups in total. The fraction of sp³-hybridized carbons (Fsp3) is 0.368. The Labute approximate surface area is 147 Å². The number of hydrogen-bond donors (Lipinski definition) is 1. The van der Waals surface area contributed by atoms with Crippen LogP contribution in [-0.4, -0.2) is 39.7 Å². The van der Waals surface area contributed by atoms with E-state index >= 15 is 0 Å². The topological polar surface area (TPSA) is 62.6 Å². The van der Waals surface area contributed by atoms with E-state index in [0.717, 1.165) is 23.6 Å². The number of nitrogens with one attached hydrogen (secondary N) is 1. The van der Waals surface area contributed by atoms with Crippen molar-refractivity contribution in [3.05, 3.63) is 63.7 Å². The second kappa shape index (κ2) is 7.11. The number of rotatable bonds is 6. The van der Waals surface area contributed by atoms with Gasteiger partial charge in [-0.25, -0.2) is 9.50 Å². The molecule has 6 heteroatoms. The third-order valence-electron chi connectivity index (χ3n) is 4.50. The third kappa shape index (κ3) is 3.74. The van der Waals surface area contributed by atoms with Gasteiger partial charge in [-0.3, -0.25) is 14.8 Å². The molecule has 25 heavy (non-hydrogen) atoms. The molecule has 2 heterocycles. The molecule has 3 aromatic rings. The molecule has 0 aliphatic rings. The van der Waals surface area contributed by atoms with Gasteiger partial charge in [0.1, 0.15) is 5.75 Å². The zero-order chi connectivity index (χ0) is 18.0. The standard InChI is InChI=1S/C19H24N4O2/c1-13-9-18-20-16(11-19(24)23(18)21-13)12-22(3)14(2)10-15-7-5-6-8-17(15)25-4/h5-9,11,14,21H,10,12H2,1-4H3/t14-/m0/s1. The van der Waals surface area contributed by atoms with E-state index in [9.17, 15) is 4.79 Å². The smallest absolute Gasteiger partial charge is 0.272 e. The number of hydrogen-bond acceptors (Lipinski definition) is 4. The van der Waals surface area contributed by atoms with Gasteiger partial charge in [0.2, 0.25) is 0 Å². The summed E-state index contributed by atoms with van der Waals surface area (Å²) in [6, 6.07) is 11.8. The highest BCUT2D eigenvalue weighted by Crippen LogP contribution is 2.20. The Hall–Kier alpha value is -2.60. The summed E-state index contributed by atoms with van der Waals surface area (Å²) in [4.78, 5) is 19.0. The minimum Gasteiger partial charge on any atom is -0.496 e. The first-order chi connectivity index (χ1) is 12.0. The van der Waals surface area contributed by atoms with Gasteiger partial charge in [0.05, 0.1) is 12.8 Å². The van der Waals surface area contributed by atoms with Gasteiger partial charge in [-0.15, -0.1) is 0 Å². The Morgan fingerprint density at radius 1 is 1.32 bits per heavy atom. The molecule has 0 bridgehead atoms. The van der Waals surface area contributed by atoms with Crippen LogP contribution in [0.4, 0.5) is 0 Å². The molecule has 1 aromatic carbocycles. The van der Waals surface area contributed by atoms with E-state index in [1.165, 1.54) is 10.1 Å². The lowest BCUT2D eigenvalue weighted by atomic mass is 10.0. The molecule has 0 saturated carbocycles. The number of methoxy groups -OCH3 is 1. The van der Waals surface area contributed by atoms with Crippen molar-refractivity contribution in [1.82, 2.24) is 19.5 Å². The first kappa shape index (κ1) is 17.2. The molecule has 0 radical (unpaired) electrons. The number of aromatic amines is 1. The van der Waals surface area contributed by atoms with Gasteiger partial charge in [0, 0.05) is 30.4 Å². The Morgan fingerprint density at radius 2 is 2.08 bits per heavy atom. The molecule has 0 aliphatic carbocycles. The molecule has 2 aromatic heterocycles. The quantitative estimate of drug-likeness (QED) is 0.748. The maximum atomic E-state index is 12.2. The summed E-state index contributed by atoms with van der Waals surface area (Å²) in [6.45, 7) is 4.69. The van der Waals surface area contributed by atoms with Crippen LogP contribution in [0.25, 0.3) is 5.65 Å². The first-order valence-electron chi connectivity index (χ1n) is 8.38. The van der Waals surface area contributed by atoms with Crippen LogP contribution in [0.2, 0.25) is 0 Å². The average Bonchev–Trinajstić information content (AvgIpc) is 2.96. The highest BCUT2D eigenvalue weighted by molar-refractivity contribution is 5.39. The Balaban J connectivity index is 1.75. The van der Waals surface area contributed by atoms with Crippen LogP contribution >= 0.6 is 0 Å². The number of fused-ring (bicyclic) bond motifs is 1. The minimum atomic E-state index is -0.0844. The van der Waals surface area contributed by atoms with Crippen LogP contribution in [0.1, 0.15) is 23.9 Å². The molecule has 0 fully saturated rings. The lowest BCUT2D eigenvalue weighted by molar-refractivity contribution is 0.243. The highest BCUT2D eigenvalue weighted by Gasteiger charge is 2.14. The van der Waals surface area contributed by atoms with E-state index in [1.807, 2.05) is 38.2 Å². The number of aryl methyl sites for hydroxylation is 1. The van der Waals surface area contributed by atoms with E-state index in [0.29, 0.717) is 12.2 Å². The van der Waals surface area contributed by atoms with Crippen molar-refractivity contribution in [2.24, 2.45) is 0 Å². The molecule has 0 amide bonds. The van der Waals surface area contributed by atoms with Crippen molar-refractivity contribution in [3.8, 4) is 5.75 Å². The van der Waals surface area contributed by atoms with Gasteiger partial charge in [-0.2, -0.15) is 0 Å². The predicted molar refractivity (Wildman–Crippen MR) is 98.2 cm³/mol. The van der Waals surface area contributed by atoms with Crippen LogP contribution in [0.5, 0.6) is 5.75 Å². The van der Waals surface area contributed by atoms with Gasteiger partial charge < -0.3 is 4.74 Å². The minimum absolute atomic E-state index is 0.0844. The fourth-order valence-corrected chi connectivity index (χ4v) is 3.00. The van der Waals surface area contributed by atoms with Crippen LogP contribution in [0.3, 0.4) is 0 Å². The third-order valence-corrected chi connectivity index (χ3v) is 4.50. The molecule has 3 rings (SSSR count). The molecule has 1 atom stereocenters. The van der Waals surface area contributed by atoms with Crippen molar-refractivity contribution in [1.29, 1.82) is 0 Å². The SMILES string of the molecule is COc1ccccc1C[C@H](C)N(C)Cc1cc(=O)n2[nH]c(C)cc2n1. The van der Waals surface area contributed by atoms with Crippen molar-refractivity contribution in [2.45, 2.75) is 32.9 Å². The molecule has 0 saturated heterocycles. The lowest BCUT2D eigenvalue weighted by Gasteiger charge is -2.25. The number of H-pyrrole nitrogens is 1. The summed E-state index contributed by atoms with van der Waals surface area (Å²) in [5.41, 5.74) is 3.44. The Morgan fingerprint density at radius 3 is 2.84 bits per heavy atom. The number of likely N-dealkylation sites (N-methyl/N-ethyl adjacent to an activating group) is 1. The van der Waals surface area contributed by atoms with Gasteiger partial charge in [-0.05, 0) is 38.9 Å². The van der Waals surface area contributed by atoms with Crippen molar-refractivity contribution in [2.75, 3.05) is 14.2 Å². The molecule has 0 spiro atoms. The normalized spacial score (nSPS) is 12.7. The zero-order valence-corrected chi connectivity index (χ0v) is 15.1. The van der Waals surface area contributed by atoms with Crippen LogP contribution in [-0.2, 0) is 13.0 Å². The molecule has 0 unspecified atom stereocenters. The van der Waals surface area contributed by atoms with E-state index < -0.39 is 0 Å². The number of benzene rings is 1. The Bertz CT molecular complexity index is 929. The van der Waals surface area contributed by atoms with E-state index in [1.54, 1.807) is 13.2 Å². The summed E-state index contributed by atoms with van der Waals surface area (Å²) >= 11 is 0. The van der Waals surface area contributed by atoms with Gasteiger partial charge in [0.15, 0.2) is 5.65 Å². The number of para-hydroxylation sites is 1. The summed E-state index contributed by atoms with van der Waals surface area (Å²) < 4.78 is 6.90. The summed E-state index contributed by atoms with van der Waals surface area (Å²) in [5.74, 6) is 0.906. The summed E-state index contributed by atoms with van der Waals surface area (Å²) in [7, 11) is 3.74. The lowest BCUT2D eigenvalue weighted by Crippen LogP contribution is -2.31. The molecule has 6 nitrogen and oxygen atoms in total. The second-order valence-electron chi connectivity index (χ2n) is 6.50. The van der Waals surface area contributed by atoms with E-state index in [-0.39, 0.29) is 11.6 Å². The van der Waals surface area contributed by atoms with Crippen LogP contribution in [0.15, 0.2) is 41.2 Å². The number of aromatic nitrogens is 3. The summed E-state index contributed by atoms with van der Waals surface area (Å²) in [6.07, 6.45) is 0.866. The predicted octanol–water partition coefficient (Wildman–Crippen LogP) is 2.40. The monoisotopic (exact) mass is 340 g/mol. The zero-order valence-electron chi connectivity index (χ0n) is 15.1. The highest BCUT2D eigenvalue weighted by atomic mass is 16.5. The van der Waals surface area contributed by atoms with Crippen LogP contribution < -0.4 is 10.3 Å². The van der Waals surface area contributed by atoms with Crippen molar-refractivity contribution >= 4 is 5.65 Å². The van der Waals surface area contributed by atoms with E-state index in [2.05, 4.69) is 28.0 Å². The Kier molecular flexibility index (Phi) is 4.90. The van der Waals surface area contributed by atoms with Gasteiger partial charge in [0.25, 0.3) is 5.56 Å². The fourth-order valence-electron chi connectivity index (χ4n) is 3.00. The maximum Gasteiger partial charge on any atom is 0.272 e. The van der Waals surface area contributed by atoms with Crippen molar-refractivity contribution in [3.63, 3.8) is 0 Å². The van der Waals surface area contributed by atoms with Crippen molar-refractivity contribution < 1.29 is 4.74 Å². The van der Waals surface area contributed by atoms with Gasteiger partial charge >= 0.3 is 0 Å². The second-order valence-corrected chi connectivity index (χ2v) is 6.50. The number of nitrogens with zero attached hydrogens (tertiary/aromatic N) is 3. The molecular weight excluding hydrogens is 316 g/mol. The molecule has 132 valence electrons. The molecular formula is C19H24N4O2. The summed E-state index contributed by atoms with van der Waals surface area (Å²) in [5, 5.41) is 2.99. The van der Waals surface area contributed by atoms with Crippen LogP contribution in [0, 0.1) is 6.92 Å². The van der Waals surface area contributed by atoms with Gasteiger partial charge in [-0.1, -0.05) is 18.2 Å². The van der Waals surface area contributed by atoms with E-state index in [4.69, 9.17) is 4.74 Å².